The number of carbonyl (C=O) groups excluding carboxylic acids is 1. The van der Waals surface area contributed by atoms with Crippen LogP contribution in [0.5, 0.6) is 0 Å². The first-order valence-corrected chi connectivity index (χ1v) is 7.53. The fourth-order valence-corrected chi connectivity index (χ4v) is 3.01. The Balaban J connectivity index is 1.89. The minimum absolute atomic E-state index is 0.0149. The fourth-order valence-electron chi connectivity index (χ4n) is 3.01. The molecule has 0 aliphatic carbocycles. The zero-order valence-electron chi connectivity index (χ0n) is 12.8. The number of aromatic nitrogens is 1. The molecule has 2 atom stereocenters. The third-order valence-corrected chi connectivity index (χ3v) is 4.76. The van der Waals surface area contributed by atoms with E-state index in [0.29, 0.717) is 12.1 Å². The van der Waals surface area contributed by atoms with Gasteiger partial charge < -0.3 is 15.0 Å². The highest BCUT2D eigenvalue weighted by Crippen LogP contribution is 2.24. The number of likely N-dealkylation sites (tertiary alicyclic amines) is 1. The maximum absolute atomic E-state index is 12.6. The van der Waals surface area contributed by atoms with E-state index in [1.54, 1.807) is 4.90 Å². The van der Waals surface area contributed by atoms with Crippen LogP contribution in [0.1, 0.15) is 35.0 Å². The van der Waals surface area contributed by atoms with Crippen LogP contribution in [-0.2, 0) is 0 Å². The second-order valence-corrected chi connectivity index (χ2v) is 6.22. The second kappa shape index (κ2) is 5.19. The number of nitrogens with one attached hydrogen (secondary N) is 1. The molecular formula is C17H22N2O2. The summed E-state index contributed by atoms with van der Waals surface area (Å²) in [6.07, 6.45) is 0.444. The quantitative estimate of drug-likeness (QED) is 0.846. The molecule has 1 fully saturated rings. The van der Waals surface area contributed by atoms with Crippen molar-refractivity contribution in [1.29, 1.82) is 0 Å². The molecule has 0 saturated carbocycles. The van der Waals surface area contributed by atoms with Crippen LogP contribution in [0.25, 0.3) is 10.9 Å². The number of fused-ring (bicyclic) bond motifs is 1. The SMILES string of the molecule is Cc1[nH]c2ccc(C(=O)N3CCC(C)C(O)C3)cc2c1C. The van der Waals surface area contributed by atoms with Crippen molar-refractivity contribution >= 4 is 16.8 Å². The van der Waals surface area contributed by atoms with E-state index < -0.39 is 6.10 Å². The van der Waals surface area contributed by atoms with Gasteiger partial charge in [0.05, 0.1) is 6.10 Å². The summed E-state index contributed by atoms with van der Waals surface area (Å²) in [5, 5.41) is 11.1. The number of hydrogen-bond donors (Lipinski definition) is 2. The predicted octanol–water partition coefficient (Wildman–Crippen LogP) is 2.63. The van der Waals surface area contributed by atoms with Crippen LogP contribution in [0, 0.1) is 19.8 Å². The van der Waals surface area contributed by atoms with Crippen molar-refractivity contribution in [3.05, 3.63) is 35.0 Å². The zero-order chi connectivity index (χ0) is 15.1. The number of nitrogens with zero attached hydrogens (tertiary/aromatic N) is 1. The standard InChI is InChI=1S/C17H22N2O2/c1-10-6-7-19(9-16(10)20)17(21)13-4-5-15-14(8-13)11(2)12(3)18-15/h4-5,8,10,16,18,20H,6-7,9H2,1-3H3. The number of aryl methyl sites for hydroxylation is 2. The van der Waals surface area contributed by atoms with Crippen molar-refractivity contribution in [2.45, 2.75) is 33.3 Å². The smallest absolute Gasteiger partial charge is 0.253 e. The molecule has 4 heteroatoms. The van der Waals surface area contributed by atoms with E-state index in [2.05, 4.69) is 11.9 Å². The largest absolute Gasteiger partial charge is 0.391 e. The zero-order valence-corrected chi connectivity index (χ0v) is 12.8. The summed E-state index contributed by atoms with van der Waals surface area (Å²) < 4.78 is 0. The molecule has 3 rings (SSSR count). The predicted molar refractivity (Wildman–Crippen MR) is 83.5 cm³/mol. The Labute approximate surface area is 124 Å². The molecule has 2 N–H and O–H groups in total. The van der Waals surface area contributed by atoms with E-state index in [9.17, 15) is 9.90 Å². The third kappa shape index (κ3) is 2.44. The van der Waals surface area contributed by atoms with Crippen molar-refractivity contribution in [3.63, 3.8) is 0 Å². The number of aliphatic hydroxyl groups excluding tert-OH is 1. The number of carbonyl (C=O) groups is 1. The Bertz CT molecular complexity index is 689. The molecule has 1 amide bonds. The molecule has 1 aromatic carbocycles. The van der Waals surface area contributed by atoms with Crippen LogP contribution in [-0.4, -0.2) is 40.1 Å². The fraction of sp³-hybridized carbons (Fsp3) is 0.471. The molecule has 1 saturated heterocycles. The number of hydrogen-bond acceptors (Lipinski definition) is 2. The molecular weight excluding hydrogens is 264 g/mol. The minimum atomic E-state index is -0.414. The van der Waals surface area contributed by atoms with Gasteiger partial charge in [0.25, 0.3) is 5.91 Å². The Morgan fingerprint density at radius 1 is 1.38 bits per heavy atom. The van der Waals surface area contributed by atoms with Crippen molar-refractivity contribution in [2.75, 3.05) is 13.1 Å². The number of benzene rings is 1. The molecule has 1 aliphatic rings. The van der Waals surface area contributed by atoms with Crippen molar-refractivity contribution < 1.29 is 9.90 Å². The first kappa shape index (κ1) is 14.1. The lowest BCUT2D eigenvalue weighted by Crippen LogP contribution is -2.45. The molecule has 0 radical (unpaired) electrons. The Kier molecular flexibility index (Phi) is 3.49. The topological polar surface area (TPSA) is 56.3 Å². The average molecular weight is 286 g/mol. The third-order valence-electron chi connectivity index (χ3n) is 4.76. The van der Waals surface area contributed by atoms with Crippen molar-refractivity contribution in [2.24, 2.45) is 5.92 Å². The Morgan fingerprint density at radius 3 is 2.86 bits per heavy atom. The van der Waals surface area contributed by atoms with E-state index in [-0.39, 0.29) is 11.8 Å². The average Bonchev–Trinajstić information content (AvgIpc) is 2.76. The van der Waals surface area contributed by atoms with E-state index in [1.807, 2.05) is 32.0 Å². The van der Waals surface area contributed by atoms with Gasteiger partial charge in [-0.05, 0) is 49.9 Å². The van der Waals surface area contributed by atoms with Gasteiger partial charge in [-0.3, -0.25) is 4.79 Å². The highest BCUT2D eigenvalue weighted by atomic mass is 16.3. The maximum Gasteiger partial charge on any atom is 0.253 e. The Morgan fingerprint density at radius 2 is 2.14 bits per heavy atom. The molecule has 0 bridgehead atoms. The minimum Gasteiger partial charge on any atom is -0.391 e. The van der Waals surface area contributed by atoms with Gasteiger partial charge in [0.15, 0.2) is 0 Å². The number of piperidine rings is 1. The molecule has 2 aromatic rings. The molecule has 2 heterocycles. The normalized spacial score (nSPS) is 22.8. The number of aliphatic hydroxyl groups is 1. The van der Waals surface area contributed by atoms with E-state index in [0.717, 1.165) is 29.6 Å². The van der Waals surface area contributed by atoms with Crippen molar-refractivity contribution in [3.8, 4) is 0 Å². The maximum atomic E-state index is 12.6. The first-order valence-electron chi connectivity index (χ1n) is 7.53. The summed E-state index contributed by atoms with van der Waals surface area (Å²) in [6, 6.07) is 5.79. The van der Waals surface area contributed by atoms with Gasteiger partial charge in [-0.2, -0.15) is 0 Å². The summed E-state index contributed by atoms with van der Waals surface area (Å²) in [5.74, 6) is 0.284. The lowest BCUT2D eigenvalue weighted by molar-refractivity contribution is 0.0249. The monoisotopic (exact) mass is 286 g/mol. The van der Waals surface area contributed by atoms with Gasteiger partial charge in [-0.15, -0.1) is 0 Å². The summed E-state index contributed by atoms with van der Waals surface area (Å²) in [4.78, 5) is 17.7. The van der Waals surface area contributed by atoms with Crippen LogP contribution in [0.4, 0.5) is 0 Å². The van der Waals surface area contributed by atoms with E-state index in [1.165, 1.54) is 5.56 Å². The summed E-state index contributed by atoms with van der Waals surface area (Å²) in [7, 11) is 0. The molecule has 0 spiro atoms. The molecule has 2 unspecified atom stereocenters. The van der Waals surface area contributed by atoms with Crippen LogP contribution in [0.2, 0.25) is 0 Å². The van der Waals surface area contributed by atoms with Gasteiger partial charge in [-0.1, -0.05) is 6.92 Å². The molecule has 21 heavy (non-hydrogen) atoms. The lowest BCUT2D eigenvalue weighted by atomic mass is 9.95. The molecule has 1 aromatic heterocycles. The number of aromatic amines is 1. The van der Waals surface area contributed by atoms with Gasteiger partial charge in [0, 0.05) is 35.2 Å². The van der Waals surface area contributed by atoms with Crippen LogP contribution in [0.3, 0.4) is 0 Å². The van der Waals surface area contributed by atoms with Crippen LogP contribution < -0.4 is 0 Å². The summed E-state index contributed by atoms with van der Waals surface area (Å²) in [6.45, 7) is 7.29. The summed E-state index contributed by atoms with van der Waals surface area (Å²) in [5.41, 5.74) is 4.09. The lowest BCUT2D eigenvalue weighted by Gasteiger charge is -2.34. The van der Waals surface area contributed by atoms with Gasteiger partial charge >= 0.3 is 0 Å². The molecule has 4 nitrogen and oxygen atoms in total. The number of β-amino-alcohol motifs (C(OH)–C–C–N with tert-alkyl or cyclic N) is 1. The van der Waals surface area contributed by atoms with E-state index in [4.69, 9.17) is 0 Å². The summed E-state index contributed by atoms with van der Waals surface area (Å²) >= 11 is 0. The van der Waals surface area contributed by atoms with Crippen LogP contribution in [0.15, 0.2) is 18.2 Å². The highest BCUT2D eigenvalue weighted by Gasteiger charge is 2.28. The number of H-pyrrole nitrogens is 1. The second-order valence-electron chi connectivity index (χ2n) is 6.22. The number of amides is 1. The van der Waals surface area contributed by atoms with Gasteiger partial charge in [0.2, 0.25) is 0 Å². The highest BCUT2D eigenvalue weighted by molar-refractivity contribution is 5.99. The number of rotatable bonds is 1. The van der Waals surface area contributed by atoms with E-state index >= 15 is 0 Å². The molecule has 1 aliphatic heterocycles. The van der Waals surface area contributed by atoms with Gasteiger partial charge in [-0.25, -0.2) is 0 Å². The van der Waals surface area contributed by atoms with Crippen LogP contribution >= 0.6 is 0 Å². The van der Waals surface area contributed by atoms with Crippen molar-refractivity contribution in [1.82, 2.24) is 9.88 Å². The van der Waals surface area contributed by atoms with Gasteiger partial charge in [0.1, 0.15) is 0 Å². The Hall–Kier alpha value is -1.81. The first-order chi connectivity index (χ1) is 9.97. The molecule has 112 valence electrons.